The van der Waals surface area contributed by atoms with Gasteiger partial charge in [0.15, 0.2) is 11.5 Å². The smallest absolute Gasteiger partial charge is 0.185 e. The van der Waals surface area contributed by atoms with Gasteiger partial charge in [0, 0.05) is 11.8 Å². The Morgan fingerprint density at radius 2 is 1.60 bits per heavy atom. The van der Waals surface area contributed by atoms with Gasteiger partial charge < -0.3 is 0 Å². The second-order valence-corrected chi connectivity index (χ2v) is 3.64. The van der Waals surface area contributed by atoms with Gasteiger partial charge in [-0.1, -0.05) is 44.2 Å². The number of fused-ring (bicyclic) bond motifs is 1. The Morgan fingerprint density at radius 3 is 2.25 bits per heavy atom. The fraction of sp³-hybridized carbons (Fsp3) is 0.267. The molecule has 0 spiro atoms. The number of benzene rings is 1. The zero-order valence-electron chi connectivity index (χ0n) is 12.3. The molecule has 4 nitrogen and oxygen atoms in total. The van der Waals surface area contributed by atoms with Gasteiger partial charge in [-0.3, -0.25) is 0 Å². The van der Waals surface area contributed by atoms with Crippen molar-refractivity contribution in [3.8, 4) is 11.4 Å². The molecule has 2 heterocycles. The van der Waals surface area contributed by atoms with E-state index in [0.29, 0.717) is 0 Å². The molecule has 3 rings (SSSR count). The first-order valence-electron chi connectivity index (χ1n) is 6.53. The summed E-state index contributed by atoms with van der Waals surface area (Å²) in [4.78, 5) is 0. The highest BCUT2D eigenvalue weighted by molar-refractivity contribution is 7.79. The number of aryl methyl sites for hydroxylation is 1. The molecule has 20 heavy (non-hydrogen) atoms. The van der Waals surface area contributed by atoms with Crippen molar-refractivity contribution in [1.29, 1.82) is 0 Å². The van der Waals surface area contributed by atoms with E-state index in [1.54, 1.807) is 17.0 Å². The van der Waals surface area contributed by atoms with Gasteiger partial charge >= 0.3 is 0 Å². The molecule has 0 aliphatic heterocycles. The standard InChI is InChI=1S/C12H10N4.C2H6.CH4S/c1-9-7-8-13-16-11(9)14-15-12(16)10-5-3-2-4-6-10;2*1-2/h2-8H,1H3;1-2H3;2H,1H3. The molecule has 0 bridgehead atoms. The summed E-state index contributed by atoms with van der Waals surface area (Å²) in [6.45, 7) is 6.00. The minimum absolute atomic E-state index is 0.777. The Morgan fingerprint density at radius 1 is 0.950 bits per heavy atom. The van der Waals surface area contributed by atoms with Gasteiger partial charge in [0.05, 0.1) is 0 Å². The van der Waals surface area contributed by atoms with Crippen LogP contribution in [0.1, 0.15) is 19.4 Å². The largest absolute Gasteiger partial charge is 0.193 e. The Bertz CT molecular complexity index is 635. The Kier molecular flexibility index (Phi) is 6.73. The molecule has 2 aromatic heterocycles. The average Bonchev–Trinajstić information content (AvgIpc) is 2.98. The lowest BCUT2D eigenvalue weighted by molar-refractivity contribution is 0.929. The molecule has 0 saturated carbocycles. The molecule has 0 fully saturated rings. The van der Waals surface area contributed by atoms with Crippen LogP contribution in [0.4, 0.5) is 0 Å². The van der Waals surface area contributed by atoms with Crippen molar-refractivity contribution in [2.75, 3.05) is 6.26 Å². The van der Waals surface area contributed by atoms with Crippen molar-refractivity contribution in [3.63, 3.8) is 0 Å². The SMILES string of the molecule is CC.CS.Cc1ccnn2c(-c3ccccc3)nnc12. The highest BCUT2D eigenvalue weighted by atomic mass is 32.1. The summed E-state index contributed by atoms with van der Waals surface area (Å²) in [6.07, 6.45) is 3.46. The Balaban J connectivity index is 0.000000461. The summed E-state index contributed by atoms with van der Waals surface area (Å²) in [5.74, 6) is 0.777. The summed E-state index contributed by atoms with van der Waals surface area (Å²) >= 11 is 3.53. The first kappa shape index (κ1) is 16.2. The Labute approximate surface area is 125 Å². The Hall–Kier alpha value is -1.88. The molecule has 0 aliphatic carbocycles. The fourth-order valence-electron chi connectivity index (χ4n) is 1.69. The maximum Gasteiger partial charge on any atom is 0.185 e. The van der Waals surface area contributed by atoms with Crippen molar-refractivity contribution in [2.24, 2.45) is 0 Å². The zero-order chi connectivity index (χ0) is 15.0. The van der Waals surface area contributed by atoms with Crippen LogP contribution in [0.5, 0.6) is 0 Å². The maximum atomic E-state index is 4.27. The lowest BCUT2D eigenvalue weighted by atomic mass is 10.2. The third kappa shape index (κ3) is 3.36. The fourth-order valence-corrected chi connectivity index (χ4v) is 1.69. The van der Waals surface area contributed by atoms with Crippen LogP contribution in [0.3, 0.4) is 0 Å². The van der Waals surface area contributed by atoms with E-state index in [2.05, 4.69) is 27.9 Å². The third-order valence-corrected chi connectivity index (χ3v) is 2.53. The molecule has 0 saturated heterocycles. The van der Waals surface area contributed by atoms with Crippen molar-refractivity contribution in [1.82, 2.24) is 19.8 Å². The minimum Gasteiger partial charge on any atom is -0.193 e. The number of thiol groups is 1. The van der Waals surface area contributed by atoms with Gasteiger partial charge in [0.2, 0.25) is 0 Å². The second-order valence-electron chi connectivity index (χ2n) is 3.64. The zero-order valence-corrected chi connectivity index (χ0v) is 13.2. The monoisotopic (exact) mass is 288 g/mol. The third-order valence-electron chi connectivity index (χ3n) is 2.53. The van der Waals surface area contributed by atoms with Crippen LogP contribution < -0.4 is 0 Å². The summed E-state index contributed by atoms with van der Waals surface area (Å²) in [6, 6.07) is 11.9. The lowest BCUT2D eigenvalue weighted by Crippen LogP contribution is -1.95. The van der Waals surface area contributed by atoms with Crippen LogP contribution in [0.25, 0.3) is 17.0 Å². The van der Waals surface area contributed by atoms with E-state index >= 15 is 0 Å². The molecule has 0 atom stereocenters. The molecule has 1 aromatic carbocycles. The lowest BCUT2D eigenvalue weighted by Gasteiger charge is -1.98. The maximum absolute atomic E-state index is 4.27. The molecule has 106 valence electrons. The number of aromatic nitrogens is 4. The van der Waals surface area contributed by atoms with Crippen LogP contribution in [-0.2, 0) is 0 Å². The number of nitrogens with zero attached hydrogens (tertiary/aromatic N) is 4. The van der Waals surface area contributed by atoms with Gasteiger partial charge in [-0.2, -0.15) is 22.2 Å². The van der Waals surface area contributed by atoms with E-state index in [0.717, 1.165) is 22.6 Å². The number of hydrogen-bond donors (Lipinski definition) is 1. The molecule has 3 aromatic rings. The van der Waals surface area contributed by atoms with E-state index in [-0.39, 0.29) is 0 Å². The topological polar surface area (TPSA) is 43.1 Å². The van der Waals surface area contributed by atoms with E-state index in [1.165, 1.54) is 0 Å². The molecular weight excluding hydrogens is 268 g/mol. The molecule has 0 radical (unpaired) electrons. The summed E-state index contributed by atoms with van der Waals surface area (Å²) in [5, 5.41) is 12.6. The van der Waals surface area contributed by atoms with Crippen molar-refractivity contribution in [3.05, 3.63) is 48.2 Å². The predicted molar refractivity (Wildman–Crippen MR) is 87.2 cm³/mol. The normalized spacial score (nSPS) is 9.25. The van der Waals surface area contributed by atoms with Crippen LogP contribution in [0.15, 0.2) is 42.6 Å². The summed E-state index contributed by atoms with van der Waals surface area (Å²) in [7, 11) is 0. The molecule has 0 amide bonds. The molecule has 0 aliphatic rings. The van der Waals surface area contributed by atoms with Crippen LogP contribution >= 0.6 is 12.6 Å². The highest BCUT2D eigenvalue weighted by Gasteiger charge is 2.09. The minimum atomic E-state index is 0.777. The molecule has 5 heteroatoms. The van der Waals surface area contributed by atoms with Crippen molar-refractivity contribution >= 4 is 18.3 Å². The summed E-state index contributed by atoms with van der Waals surface area (Å²) in [5.41, 5.74) is 2.90. The predicted octanol–water partition coefficient (Wildman–Crippen LogP) is 3.67. The summed E-state index contributed by atoms with van der Waals surface area (Å²) < 4.78 is 1.77. The van der Waals surface area contributed by atoms with Gasteiger partial charge in [-0.25, -0.2) is 0 Å². The molecule has 0 unspecified atom stereocenters. The average molecular weight is 288 g/mol. The quantitative estimate of drug-likeness (QED) is 0.695. The first-order chi connectivity index (χ1) is 9.86. The number of rotatable bonds is 1. The molecular formula is C15H20N4S. The van der Waals surface area contributed by atoms with Gasteiger partial charge in [0.25, 0.3) is 0 Å². The van der Waals surface area contributed by atoms with E-state index in [9.17, 15) is 0 Å². The van der Waals surface area contributed by atoms with E-state index in [4.69, 9.17) is 0 Å². The van der Waals surface area contributed by atoms with E-state index < -0.39 is 0 Å². The highest BCUT2D eigenvalue weighted by Crippen LogP contribution is 2.17. The van der Waals surface area contributed by atoms with Gasteiger partial charge in [0.1, 0.15) is 0 Å². The van der Waals surface area contributed by atoms with Gasteiger partial charge in [-0.05, 0) is 24.8 Å². The number of hydrogen-bond acceptors (Lipinski definition) is 4. The van der Waals surface area contributed by atoms with Gasteiger partial charge in [-0.15, -0.1) is 10.2 Å². The van der Waals surface area contributed by atoms with Crippen LogP contribution in [0.2, 0.25) is 0 Å². The van der Waals surface area contributed by atoms with Crippen LogP contribution in [-0.4, -0.2) is 26.1 Å². The second kappa shape index (κ2) is 8.32. The molecule has 0 N–H and O–H groups in total. The first-order valence-corrected chi connectivity index (χ1v) is 7.43. The van der Waals surface area contributed by atoms with Crippen LogP contribution in [0, 0.1) is 6.92 Å². The van der Waals surface area contributed by atoms with E-state index in [1.807, 2.05) is 57.2 Å². The van der Waals surface area contributed by atoms with Crippen molar-refractivity contribution in [2.45, 2.75) is 20.8 Å². The van der Waals surface area contributed by atoms with Crippen molar-refractivity contribution < 1.29 is 0 Å².